The number of ether oxygens (including phenoxy) is 1. The molecule has 2 aromatic carbocycles. The lowest BCUT2D eigenvalue weighted by atomic mass is 9.86. The number of aromatic nitrogens is 1. The summed E-state index contributed by atoms with van der Waals surface area (Å²) in [5.74, 6) is 0.547. The van der Waals surface area contributed by atoms with Crippen LogP contribution >= 0.6 is 11.6 Å². The number of halogens is 4. The van der Waals surface area contributed by atoms with Crippen molar-refractivity contribution in [2.24, 2.45) is 5.92 Å². The number of nitrogens with zero attached hydrogens (tertiary/aromatic N) is 2. The lowest BCUT2D eigenvalue weighted by Crippen LogP contribution is -2.49. The number of likely N-dealkylation sites (tertiary alicyclic amines) is 1. The number of benzene rings is 2. The standard InChI is InChI=1S/C29H35ClF3N3O/c1-17-9-21(37-8-7-35-14-19(13-31)15-35)12-24(30)26(17)28-27-23(10-18(2)36(28)16-29(3,4)33)22-11-20(32)5-6-25(22)34-27/h5-6,9,11-12,18-19,28,34H,7-8,10,13-16H2,1-4H3. The van der Waals surface area contributed by atoms with Gasteiger partial charge in [-0.25, -0.2) is 8.78 Å². The van der Waals surface area contributed by atoms with E-state index in [9.17, 15) is 8.78 Å². The SMILES string of the molecule is Cc1cc(OCCN2CC(CF)C2)cc(Cl)c1C1c2[nH]c3ccc(F)cc3c2CC(C)N1CC(C)(C)F. The number of fused-ring (bicyclic) bond motifs is 3. The van der Waals surface area contributed by atoms with Crippen molar-refractivity contribution in [1.29, 1.82) is 0 Å². The van der Waals surface area contributed by atoms with E-state index >= 15 is 4.39 Å². The van der Waals surface area contributed by atoms with E-state index in [1.165, 1.54) is 6.07 Å². The van der Waals surface area contributed by atoms with Gasteiger partial charge < -0.3 is 9.72 Å². The van der Waals surface area contributed by atoms with Gasteiger partial charge in [-0.1, -0.05) is 11.6 Å². The van der Waals surface area contributed by atoms with Gasteiger partial charge in [0.1, 0.15) is 23.8 Å². The maximum Gasteiger partial charge on any atom is 0.123 e. The molecule has 0 spiro atoms. The van der Waals surface area contributed by atoms with E-state index in [0.29, 0.717) is 23.8 Å². The number of H-pyrrole nitrogens is 1. The van der Waals surface area contributed by atoms with Gasteiger partial charge in [0.05, 0.1) is 12.7 Å². The second-order valence-electron chi connectivity index (χ2n) is 11.3. The van der Waals surface area contributed by atoms with Crippen LogP contribution in [0.25, 0.3) is 10.9 Å². The lowest BCUT2D eigenvalue weighted by Gasteiger charge is -2.43. The third-order valence-corrected chi connectivity index (χ3v) is 7.95. The maximum atomic E-state index is 15.0. The molecule has 1 aromatic heterocycles. The minimum absolute atomic E-state index is 0.0193. The molecule has 4 nitrogen and oxygen atoms in total. The molecule has 200 valence electrons. The Bertz CT molecular complexity index is 1260. The van der Waals surface area contributed by atoms with Gasteiger partial charge in [0.15, 0.2) is 0 Å². The summed E-state index contributed by atoms with van der Waals surface area (Å²) in [5.41, 5.74) is 3.27. The van der Waals surface area contributed by atoms with Gasteiger partial charge in [0.2, 0.25) is 0 Å². The number of hydrogen-bond donors (Lipinski definition) is 1. The van der Waals surface area contributed by atoms with Crippen LogP contribution in [0, 0.1) is 18.7 Å². The molecular formula is C29H35ClF3N3O. The Morgan fingerprint density at radius 3 is 2.62 bits per heavy atom. The predicted octanol–water partition coefficient (Wildman–Crippen LogP) is 6.63. The zero-order chi connectivity index (χ0) is 26.5. The van der Waals surface area contributed by atoms with Gasteiger partial charge in [-0.2, -0.15) is 0 Å². The molecule has 1 fully saturated rings. The van der Waals surface area contributed by atoms with Crippen molar-refractivity contribution in [2.75, 3.05) is 39.5 Å². The van der Waals surface area contributed by atoms with Crippen LogP contribution in [0.3, 0.4) is 0 Å². The van der Waals surface area contributed by atoms with E-state index in [0.717, 1.165) is 52.9 Å². The highest BCUT2D eigenvalue weighted by Gasteiger charge is 2.40. The molecule has 2 atom stereocenters. The van der Waals surface area contributed by atoms with Crippen LogP contribution in [0.1, 0.15) is 49.2 Å². The van der Waals surface area contributed by atoms with Crippen molar-refractivity contribution in [3.8, 4) is 5.75 Å². The van der Waals surface area contributed by atoms with Crippen molar-refractivity contribution in [3.05, 3.63) is 63.6 Å². The first-order chi connectivity index (χ1) is 17.5. The fraction of sp³-hybridized carbons (Fsp3) is 0.517. The summed E-state index contributed by atoms with van der Waals surface area (Å²) in [6.07, 6.45) is 0.684. The number of nitrogens with one attached hydrogen (secondary N) is 1. The summed E-state index contributed by atoms with van der Waals surface area (Å²) < 4.78 is 47.9. The molecule has 0 aliphatic carbocycles. The van der Waals surface area contributed by atoms with E-state index in [1.807, 2.05) is 19.1 Å². The van der Waals surface area contributed by atoms with Crippen LogP contribution in [0.5, 0.6) is 5.75 Å². The second kappa shape index (κ2) is 10.2. The van der Waals surface area contributed by atoms with E-state index < -0.39 is 5.67 Å². The van der Waals surface area contributed by atoms with Gasteiger partial charge >= 0.3 is 0 Å². The van der Waals surface area contributed by atoms with Crippen LogP contribution < -0.4 is 4.74 Å². The Morgan fingerprint density at radius 2 is 1.95 bits per heavy atom. The van der Waals surface area contributed by atoms with Crippen molar-refractivity contribution in [2.45, 2.75) is 51.9 Å². The van der Waals surface area contributed by atoms with Gasteiger partial charge in [-0.3, -0.25) is 14.2 Å². The molecule has 1 N–H and O–H groups in total. The molecule has 3 aromatic rings. The Balaban J connectivity index is 1.48. The summed E-state index contributed by atoms with van der Waals surface area (Å²) >= 11 is 6.93. The topological polar surface area (TPSA) is 31.5 Å². The highest BCUT2D eigenvalue weighted by atomic mass is 35.5. The van der Waals surface area contributed by atoms with E-state index in [1.54, 1.807) is 26.0 Å². The van der Waals surface area contributed by atoms with E-state index in [4.69, 9.17) is 16.3 Å². The molecule has 0 amide bonds. The summed E-state index contributed by atoms with van der Waals surface area (Å²) in [6.45, 7) is 10.0. The third-order valence-electron chi connectivity index (χ3n) is 7.64. The summed E-state index contributed by atoms with van der Waals surface area (Å²) in [7, 11) is 0. The van der Waals surface area contributed by atoms with Crippen molar-refractivity contribution >= 4 is 22.5 Å². The molecule has 37 heavy (non-hydrogen) atoms. The largest absolute Gasteiger partial charge is 0.492 e. The second-order valence-corrected chi connectivity index (χ2v) is 11.7. The molecule has 1 saturated heterocycles. The van der Waals surface area contributed by atoms with Crippen LogP contribution in [0.15, 0.2) is 30.3 Å². The van der Waals surface area contributed by atoms with Gasteiger partial charge in [-0.15, -0.1) is 0 Å². The van der Waals surface area contributed by atoms with E-state index in [2.05, 4.69) is 21.7 Å². The first-order valence-electron chi connectivity index (χ1n) is 13.0. The Hall–Kier alpha value is -2.22. The fourth-order valence-electron chi connectivity index (χ4n) is 5.92. The van der Waals surface area contributed by atoms with Crippen LogP contribution in [-0.2, 0) is 6.42 Å². The lowest BCUT2D eigenvalue weighted by molar-refractivity contribution is 0.0659. The monoisotopic (exact) mass is 533 g/mol. The fourth-order valence-corrected chi connectivity index (χ4v) is 6.28. The van der Waals surface area contributed by atoms with Gasteiger partial charge in [0, 0.05) is 59.8 Å². The van der Waals surface area contributed by atoms with Gasteiger partial charge in [-0.05, 0) is 81.1 Å². The number of hydrogen-bond acceptors (Lipinski definition) is 3. The zero-order valence-corrected chi connectivity index (χ0v) is 22.6. The van der Waals surface area contributed by atoms with Crippen molar-refractivity contribution in [3.63, 3.8) is 0 Å². The summed E-state index contributed by atoms with van der Waals surface area (Å²) in [6, 6.07) is 8.28. The molecule has 0 saturated carbocycles. The molecule has 8 heteroatoms. The molecule has 3 heterocycles. The molecule has 2 aliphatic rings. The molecule has 2 aliphatic heterocycles. The average Bonchev–Trinajstić information content (AvgIpc) is 3.13. The Labute approximate surface area is 221 Å². The Kier molecular flexibility index (Phi) is 7.24. The molecule has 0 radical (unpaired) electrons. The molecule has 0 bridgehead atoms. The number of rotatable bonds is 8. The number of aromatic amines is 1. The Morgan fingerprint density at radius 1 is 1.19 bits per heavy atom. The van der Waals surface area contributed by atoms with Gasteiger partial charge in [0.25, 0.3) is 0 Å². The number of aryl methyl sites for hydroxylation is 1. The minimum atomic E-state index is -1.41. The summed E-state index contributed by atoms with van der Waals surface area (Å²) in [4.78, 5) is 7.85. The first-order valence-corrected chi connectivity index (χ1v) is 13.4. The quantitative estimate of drug-likeness (QED) is 0.352. The minimum Gasteiger partial charge on any atom is -0.492 e. The predicted molar refractivity (Wildman–Crippen MR) is 143 cm³/mol. The zero-order valence-electron chi connectivity index (χ0n) is 21.9. The smallest absolute Gasteiger partial charge is 0.123 e. The highest BCUT2D eigenvalue weighted by molar-refractivity contribution is 6.31. The first kappa shape index (κ1) is 26.4. The third kappa shape index (κ3) is 5.36. The highest BCUT2D eigenvalue weighted by Crippen LogP contribution is 2.45. The number of alkyl halides is 2. The molecule has 5 rings (SSSR count). The van der Waals surface area contributed by atoms with Crippen LogP contribution in [-0.4, -0.2) is 66.0 Å². The van der Waals surface area contributed by atoms with Crippen molar-refractivity contribution in [1.82, 2.24) is 14.8 Å². The summed E-state index contributed by atoms with van der Waals surface area (Å²) in [5, 5.41) is 1.41. The maximum absolute atomic E-state index is 15.0. The van der Waals surface area contributed by atoms with Crippen LogP contribution in [0.4, 0.5) is 13.2 Å². The molecule has 2 unspecified atom stereocenters. The normalized spacial score (nSPS) is 21.3. The van der Waals surface area contributed by atoms with Crippen LogP contribution in [0.2, 0.25) is 5.02 Å². The average molecular weight is 534 g/mol. The molecular weight excluding hydrogens is 499 g/mol. The van der Waals surface area contributed by atoms with Crippen molar-refractivity contribution < 1.29 is 17.9 Å². The van der Waals surface area contributed by atoms with E-state index in [-0.39, 0.29) is 37.0 Å².